The summed E-state index contributed by atoms with van der Waals surface area (Å²) in [5.41, 5.74) is 0.825. The molecule has 1 aromatic carbocycles. The van der Waals surface area contributed by atoms with Crippen LogP contribution in [0.3, 0.4) is 0 Å². The van der Waals surface area contributed by atoms with Gasteiger partial charge in [-0.2, -0.15) is 0 Å². The number of benzene rings is 1. The predicted octanol–water partition coefficient (Wildman–Crippen LogP) is 3.38. The van der Waals surface area contributed by atoms with Crippen molar-refractivity contribution in [1.29, 1.82) is 0 Å². The Labute approximate surface area is 86.9 Å². The Hall–Kier alpha value is -0.890. The van der Waals surface area contributed by atoms with Gasteiger partial charge in [0.05, 0.1) is 10.6 Å². The standard InChI is InChI=1S/C11H10ClFO/c1-6-2-5-8(13)9(10(6)12)11(14)7-3-4-7/h2,5,7H,3-4H2,1H3. The molecule has 0 atom stereocenters. The van der Waals surface area contributed by atoms with Crippen LogP contribution >= 0.6 is 11.6 Å². The molecular weight excluding hydrogens is 203 g/mol. The summed E-state index contributed by atoms with van der Waals surface area (Å²) in [5, 5.41) is 0.266. The van der Waals surface area contributed by atoms with Crippen molar-refractivity contribution in [2.45, 2.75) is 19.8 Å². The summed E-state index contributed by atoms with van der Waals surface area (Å²) in [6.07, 6.45) is 1.73. The van der Waals surface area contributed by atoms with Crippen molar-refractivity contribution in [3.8, 4) is 0 Å². The van der Waals surface area contributed by atoms with Crippen LogP contribution in [0.25, 0.3) is 0 Å². The monoisotopic (exact) mass is 212 g/mol. The Morgan fingerprint density at radius 3 is 2.71 bits per heavy atom. The number of carbonyl (C=O) groups is 1. The van der Waals surface area contributed by atoms with Crippen LogP contribution in [0.5, 0.6) is 0 Å². The van der Waals surface area contributed by atoms with Crippen LogP contribution in [0.2, 0.25) is 5.02 Å². The minimum absolute atomic E-state index is 0.00352. The van der Waals surface area contributed by atoms with Crippen molar-refractivity contribution in [3.63, 3.8) is 0 Å². The van der Waals surface area contributed by atoms with Crippen molar-refractivity contribution >= 4 is 17.4 Å². The largest absolute Gasteiger partial charge is 0.294 e. The molecule has 0 saturated heterocycles. The molecule has 2 rings (SSSR count). The van der Waals surface area contributed by atoms with Gasteiger partial charge < -0.3 is 0 Å². The maximum Gasteiger partial charge on any atom is 0.170 e. The fourth-order valence-electron chi connectivity index (χ4n) is 1.43. The third kappa shape index (κ3) is 1.55. The van der Waals surface area contributed by atoms with Crippen LogP contribution in [0.15, 0.2) is 12.1 Å². The Balaban J connectivity index is 2.49. The molecule has 0 aliphatic heterocycles. The van der Waals surface area contributed by atoms with E-state index in [9.17, 15) is 9.18 Å². The van der Waals surface area contributed by atoms with Gasteiger partial charge in [-0.15, -0.1) is 0 Å². The van der Waals surface area contributed by atoms with Gasteiger partial charge in [0.15, 0.2) is 5.78 Å². The summed E-state index contributed by atoms with van der Waals surface area (Å²) in [6.45, 7) is 1.77. The molecule has 0 unspecified atom stereocenters. The van der Waals surface area contributed by atoms with Crippen LogP contribution in [0.1, 0.15) is 28.8 Å². The quantitative estimate of drug-likeness (QED) is 0.687. The molecule has 1 aliphatic rings. The molecule has 1 fully saturated rings. The fourth-order valence-corrected chi connectivity index (χ4v) is 1.68. The van der Waals surface area contributed by atoms with E-state index in [2.05, 4.69) is 0 Å². The Kier molecular flexibility index (Phi) is 2.31. The lowest BCUT2D eigenvalue weighted by Crippen LogP contribution is -2.06. The van der Waals surface area contributed by atoms with E-state index < -0.39 is 5.82 Å². The SMILES string of the molecule is Cc1ccc(F)c(C(=O)C2CC2)c1Cl. The number of carbonyl (C=O) groups excluding carboxylic acids is 1. The van der Waals surface area contributed by atoms with E-state index in [-0.39, 0.29) is 22.3 Å². The van der Waals surface area contributed by atoms with Gasteiger partial charge in [0, 0.05) is 5.92 Å². The van der Waals surface area contributed by atoms with Crippen LogP contribution in [-0.4, -0.2) is 5.78 Å². The number of Topliss-reactive ketones (excluding diaryl/α,β-unsaturated/α-hetero) is 1. The van der Waals surface area contributed by atoms with E-state index in [0.29, 0.717) is 0 Å². The average molecular weight is 213 g/mol. The van der Waals surface area contributed by atoms with Gasteiger partial charge in [-0.05, 0) is 31.4 Å². The first-order valence-corrected chi connectivity index (χ1v) is 4.98. The van der Waals surface area contributed by atoms with E-state index in [0.717, 1.165) is 18.4 Å². The smallest absolute Gasteiger partial charge is 0.170 e. The summed E-state index contributed by atoms with van der Waals surface area (Å²) in [6, 6.07) is 2.89. The van der Waals surface area contributed by atoms with Crippen molar-refractivity contribution in [1.82, 2.24) is 0 Å². The molecule has 1 aliphatic carbocycles. The maximum atomic E-state index is 13.4. The molecule has 1 nitrogen and oxygen atoms in total. The van der Waals surface area contributed by atoms with Crippen LogP contribution in [0, 0.1) is 18.7 Å². The minimum atomic E-state index is -0.502. The van der Waals surface area contributed by atoms with Crippen LogP contribution < -0.4 is 0 Å². The molecular formula is C11H10ClFO. The number of rotatable bonds is 2. The predicted molar refractivity (Wildman–Crippen MR) is 53.2 cm³/mol. The van der Waals surface area contributed by atoms with Crippen molar-refractivity contribution < 1.29 is 9.18 Å². The first-order valence-electron chi connectivity index (χ1n) is 4.60. The molecule has 0 amide bonds. The molecule has 1 saturated carbocycles. The van der Waals surface area contributed by atoms with Gasteiger partial charge in [0.2, 0.25) is 0 Å². The van der Waals surface area contributed by atoms with Crippen molar-refractivity contribution in [2.24, 2.45) is 5.92 Å². The highest BCUT2D eigenvalue weighted by molar-refractivity contribution is 6.34. The first-order chi connectivity index (χ1) is 6.61. The lowest BCUT2D eigenvalue weighted by molar-refractivity contribution is 0.0964. The average Bonchev–Trinajstić information content (AvgIpc) is 2.95. The summed E-state index contributed by atoms with van der Waals surface area (Å²) in [4.78, 5) is 11.7. The molecule has 0 bridgehead atoms. The first kappa shape index (κ1) is 9.66. The van der Waals surface area contributed by atoms with Crippen LogP contribution in [-0.2, 0) is 0 Å². The minimum Gasteiger partial charge on any atom is -0.294 e. The number of ketones is 1. The Bertz CT molecular complexity index is 397. The molecule has 1 aromatic rings. The zero-order chi connectivity index (χ0) is 10.3. The molecule has 0 N–H and O–H groups in total. The summed E-state index contributed by atoms with van der Waals surface area (Å²) in [7, 11) is 0. The molecule has 14 heavy (non-hydrogen) atoms. The third-order valence-corrected chi connectivity index (χ3v) is 2.97. The van der Waals surface area contributed by atoms with Crippen molar-refractivity contribution in [2.75, 3.05) is 0 Å². The van der Waals surface area contributed by atoms with E-state index in [1.165, 1.54) is 6.07 Å². The highest BCUT2D eigenvalue weighted by Crippen LogP contribution is 2.36. The van der Waals surface area contributed by atoms with E-state index in [1.54, 1.807) is 13.0 Å². The molecule has 0 spiro atoms. The number of halogens is 2. The van der Waals surface area contributed by atoms with Gasteiger partial charge in [-0.3, -0.25) is 4.79 Å². The maximum absolute atomic E-state index is 13.4. The van der Waals surface area contributed by atoms with Crippen molar-refractivity contribution in [3.05, 3.63) is 34.1 Å². The second kappa shape index (κ2) is 3.35. The van der Waals surface area contributed by atoms with E-state index >= 15 is 0 Å². The molecule has 3 heteroatoms. The van der Waals surface area contributed by atoms with Gasteiger partial charge in [-0.1, -0.05) is 17.7 Å². The number of aryl methyl sites for hydroxylation is 1. The van der Waals surface area contributed by atoms with E-state index in [1.807, 2.05) is 0 Å². The van der Waals surface area contributed by atoms with Gasteiger partial charge in [-0.25, -0.2) is 4.39 Å². The normalized spacial score (nSPS) is 15.6. The van der Waals surface area contributed by atoms with Gasteiger partial charge in [0.1, 0.15) is 5.82 Å². The highest BCUT2D eigenvalue weighted by Gasteiger charge is 2.33. The number of hydrogen-bond donors (Lipinski definition) is 0. The Morgan fingerprint density at radius 1 is 1.50 bits per heavy atom. The molecule has 0 aromatic heterocycles. The summed E-state index contributed by atoms with van der Waals surface area (Å²) < 4.78 is 13.4. The summed E-state index contributed by atoms with van der Waals surface area (Å²) >= 11 is 5.90. The van der Waals surface area contributed by atoms with E-state index in [4.69, 9.17) is 11.6 Å². The summed E-state index contributed by atoms with van der Waals surface area (Å²) in [5.74, 6) is -0.641. The lowest BCUT2D eigenvalue weighted by Gasteiger charge is -2.06. The highest BCUT2D eigenvalue weighted by atomic mass is 35.5. The molecule has 0 heterocycles. The second-order valence-corrected chi connectivity index (χ2v) is 4.07. The van der Waals surface area contributed by atoms with Crippen LogP contribution in [0.4, 0.5) is 4.39 Å². The number of hydrogen-bond acceptors (Lipinski definition) is 1. The zero-order valence-corrected chi connectivity index (χ0v) is 8.57. The topological polar surface area (TPSA) is 17.1 Å². The third-order valence-electron chi connectivity index (χ3n) is 2.48. The second-order valence-electron chi connectivity index (χ2n) is 3.69. The van der Waals surface area contributed by atoms with Gasteiger partial charge >= 0.3 is 0 Å². The molecule has 0 radical (unpaired) electrons. The lowest BCUT2D eigenvalue weighted by atomic mass is 10.0. The molecule has 74 valence electrons. The fraction of sp³-hybridized carbons (Fsp3) is 0.364. The zero-order valence-electron chi connectivity index (χ0n) is 7.81. The van der Waals surface area contributed by atoms with Gasteiger partial charge in [0.25, 0.3) is 0 Å². The Morgan fingerprint density at radius 2 is 2.14 bits per heavy atom.